The van der Waals surface area contributed by atoms with Crippen molar-refractivity contribution in [2.45, 2.75) is 13.0 Å². The lowest BCUT2D eigenvalue weighted by Gasteiger charge is -2.00. The van der Waals surface area contributed by atoms with Crippen LogP contribution >= 0.6 is 0 Å². The van der Waals surface area contributed by atoms with E-state index >= 15 is 0 Å². The van der Waals surface area contributed by atoms with Crippen LogP contribution < -0.4 is 5.32 Å². The first-order valence-electron chi connectivity index (χ1n) is 3.17. The Bertz CT molecular complexity index is 121. The SMILES string of the molecule is C/N=C\N/C=C/C(C)OC. The van der Waals surface area contributed by atoms with E-state index in [4.69, 9.17) is 4.74 Å². The van der Waals surface area contributed by atoms with Gasteiger partial charge in [0.15, 0.2) is 0 Å². The van der Waals surface area contributed by atoms with Crippen molar-refractivity contribution in [3.63, 3.8) is 0 Å². The summed E-state index contributed by atoms with van der Waals surface area (Å²) >= 11 is 0. The van der Waals surface area contributed by atoms with E-state index in [-0.39, 0.29) is 6.10 Å². The predicted octanol–water partition coefficient (Wildman–Crippen LogP) is 0.783. The smallest absolute Gasteiger partial charge is 0.0859 e. The summed E-state index contributed by atoms with van der Waals surface area (Å²) in [6.07, 6.45) is 5.46. The minimum absolute atomic E-state index is 0.151. The Balaban J connectivity index is 3.35. The lowest BCUT2D eigenvalue weighted by Crippen LogP contribution is -2.04. The molecule has 3 nitrogen and oxygen atoms in total. The lowest BCUT2D eigenvalue weighted by atomic mass is 10.4. The van der Waals surface area contributed by atoms with Crippen molar-refractivity contribution in [2.24, 2.45) is 4.99 Å². The summed E-state index contributed by atoms with van der Waals surface area (Å²) < 4.78 is 4.96. The highest BCUT2D eigenvalue weighted by molar-refractivity contribution is 5.55. The van der Waals surface area contributed by atoms with Crippen molar-refractivity contribution in [1.82, 2.24) is 5.32 Å². The predicted molar refractivity (Wildman–Crippen MR) is 43.2 cm³/mol. The fraction of sp³-hybridized carbons (Fsp3) is 0.571. The Hall–Kier alpha value is -0.830. The molecule has 58 valence electrons. The van der Waals surface area contributed by atoms with Gasteiger partial charge in [0, 0.05) is 20.4 Å². The van der Waals surface area contributed by atoms with Crippen LogP contribution in [-0.4, -0.2) is 26.6 Å². The normalized spacial score (nSPS) is 14.7. The van der Waals surface area contributed by atoms with Gasteiger partial charge in [0.1, 0.15) is 0 Å². The summed E-state index contributed by atoms with van der Waals surface area (Å²) in [7, 11) is 3.38. The van der Waals surface area contributed by atoms with Gasteiger partial charge in [0.2, 0.25) is 0 Å². The Labute approximate surface area is 61.8 Å². The van der Waals surface area contributed by atoms with Crippen LogP contribution in [0.4, 0.5) is 0 Å². The largest absolute Gasteiger partial charge is 0.378 e. The van der Waals surface area contributed by atoms with E-state index in [1.165, 1.54) is 0 Å². The molecular formula is C7H14N2O. The number of aliphatic imine (C=N–C) groups is 1. The van der Waals surface area contributed by atoms with Gasteiger partial charge in [-0.2, -0.15) is 0 Å². The third kappa shape index (κ3) is 5.31. The summed E-state index contributed by atoms with van der Waals surface area (Å²) in [6.45, 7) is 1.96. The molecule has 0 radical (unpaired) electrons. The summed E-state index contributed by atoms with van der Waals surface area (Å²) in [5.41, 5.74) is 0. The monoisotopic (exact) mass is 142 g/mol. The maximum absolute atomic E-state index is 4.96. The maximum atomic E-state index is 4.96. The van der Waals surface area contributed by atoms with E-state index < -0.39 is 0 Å². The lowest BCUT2D eigenvalue weighted by molar-refractivity contribution is 0.156. The Kier molecular flexibility index (Phi) is 5.77. The number of methoxy groups -OCH3 is 1. The molecule has 0 aliphatic carbocycles. The molecule has 0 saturated heterocycles. The molecule has 1 unspecified atom stereocenters. The van der Waals surface area contributed by atoms with Crippen LogP contribution in [0.15, 0.2) is 17.3 Å². The average Bonchev–Trinajstić information content (AvgIpc) is 1.98. The van der Waals surface area contributed by atoms with Gasteiger partial charge in [0.25, 0.3) is 0 Å². The van der Waals surface area contributed by atoms with Gasteiger partial charge in [-0.25, -0.2) is 0 Å². The molecule has 0 aliphatic heterocycles. The zero-order valence-corrected chi connectivity index (χ0v) is 6.66. The summed E-state index contributed by atoms with van der Waals surface area (Å²) in [6, 6.07) is 0. The van der Waals surface area contributed by atoms with Gasteiger partial charge in [-0.1, -0.05) is 0 Å². The highest BCUT2D eigenvalue weighted by Gasteiger charge is 1.87. The van der Waals surface area contributed by atoms with E-state index in [0.717, 1.165) is 0 Å². The van der Waals surface area contributed by atoms with Crippen molar-refractivity contribution in [3.05, 3.63) is 12.3 Å². The number of hydrogen-bond donors (Lipinski definition) is 1. The fourth-order valence-corrected chi connectivity index (χ4v) is 0.387. The zero-order chi connectivity index (χ0) is 7.82. The quantitative estimate of drug-likeness (QED) is 0.465. The molecule has 0 fully saturated rings. The Morgan fingerprint density at radius 1 is 1.60 bits per heavy atom. The van der Waals surface area contributed by atoms with Crippen molar-refractivity contribution < 1.29 is 4.74 Å². The molecule has 0 rings (SSSR count). The minimum atomic E-state index is 0.151. The van der Waals surface area contributed by atoms with Gasteiger partial charge in [0.05, 0.1) is 12.4 Å². The van der Waals surface area contributed by atoms with Crippen LogP contribution in [0.5, 0.6) is 0 Å². The number of nitrogens with one attached hydrogen (secondary N) is 1. The van der Waals surface area contributed by atoms with Crippen LogP contribution in [0.1, 0.15) is 6.92 Å². The molecule has 10 heavy (non-hydrogen) atoms. The first-order valence-corrected chi connectivity index (χ1v) is 3.17. The molecule has 0 aromatic rings. The molecule has 1 N–H and O–H groups in total. The van der Waals surface area contributed by atoms with E-state index in [9.17, 15) is 0 Å². The molecule has 1 atom stereocenters. The number of ether oxygens (including phenoxy) is 1. The van der Waals surface area contributed by atoms with Gasteiger partial charge < -0.3 is 10.1 Å². The van der Waals surface area contributed by atoms with Crippen LogP contribution in [0, 0.1) is 0 Å². The first kappa shape index (κ1) is 9.17. The van der Waals surface area contributed by atoms with Gasteiger partial charge in [-0.15, -0.1) is 0 Å². The summed E-state index contributed by atoms with van der Waals surface area (Å²) in [4.78, 5) is 3.73. The molecule has 0 aromatic heterocycles. The van der Waals surface area contributed by atoms with Gasteiger partial charge >= 0.3 is 0 Å². The molecule has 0 bridgehead atoms. The molecule has 0 spiro atoms. The molecule has 0 aromatic carbocycles. The minimum Gasteiger partial charge on any atom is -0.378 e. The standard InChI is InChI=1S/C7H14N2O/c1-7(10-3)4-5-9-6-8-2/h4-7H,1-3H3,(H,8,9)/b5-4+. The highest BCUT2D eigenvalue weighted by Crippen LogP contribution is 1.86. The Morgan fingerprint density at radius 3 is 2.80 bits per heavy atom. The van der Waals surface area contributed by atoms with Crippen molar-refractivity contribution in [2.75, 3.05) is 14.2 Å². The molecule has 0 amide bonds. The second kappa shape index (κ2) is 6.29. The molecule has 0 saturated carbocycles. The van der Waals surface area contributed by atoms with Gasteiger partial charge in [-0.05, 0) is 13.0 Å². The number of hydrogen-bond acceptors (Lipinski definition) is 2. The average molecular weight is 142 g/mol. The zero-order valence-electron chi connectivity index (χ0n) is 6.66. The fourth-order valence-electron chi connectivity index (χ4n) is 0.387. The van der Waals surface area contributed by atoms with Crippen LogP contribution in [0.25, 0.3) is 0 Å². The van der Waals surface area contributed by atoms with E-state index in [1.54, 1.807) is 26.7 Å². The van der Waals surface area contributed by atoms with Crippen LogP contribution in [0.3, 0.4) is 0 Å². The van der Waals surface area contributed by atoms with Crippen LogP contribution in [-0.2, 0) is 4.74 Å². The highest BCUT2D eigenvalue weighted by atomic mass is 16.5. The van der Waals surface area contributed by atoms with Crippen molar-refractivity contribution >= 4 is 6.34 Å². The molecular weight excluding hydrogens is 128 g/mol. The van der Waals surface area contributed by atoms with E-state index in [2.05, 4.69) is 10.3 Å². The third-order valence-corrected chi connectivity index (χ3v) is 1.04. The van der Waals surface area contributed by atoms with Gasteiger partial charge in [-0.3, -0.25) is 4.99 Å². The van der Waals surface area contributed by atoms with E-state index in [1.807, 2.05) is 13.0 Å². The topological polar surface area (TPSA) is 33.6 Å². The van der Waals surface area contributed by atoms with E-state index in [0.29, 0.717) is 0 Å². The second-order valence-corrected chi connectivity index (χ2v) is 1.85. The maximum Gasteiger partial charge on any atom is 0.0859 e. The third-order valence-electron chi connectivity index (χ3n) is 1.04. The van der Waals surface area contributed by atoms with Crippen molar-refractivity contribution in [1.29, 1.82) is 0 Å². The van der Waals surface area contributed by atoms with Crippen LogP contribution in [0.2, 0.25) is 0 Å². The summed E-state index contributed by atoms with van der Waals surface area (Å²) in [5.74, 6) is 0. The first-order chi connectivity index (χ1) is 4.81. The molecule has 3 heteroatoms. The number of nitrogens with zero attached hydrogens (tertiary/aromatic N) is 1. The van der Waals surface area contributed by atoms with Crippen molar-refractivity contribution in [3.8, 4) is 0 Å². The second-order valence-electron chi connectivity index (χ2n) is 1.85. The molecule has 0 heterocycles. The Morgan fingerprint density at radius 2 is 2.30 bits per heavy atom. The molecule has 0 aliphatic rings. The number of rotatable bonds is 4. The summed E-state index contributed by atoms with van der Waals surface area (Å²) in [5, 5.41) is 2.85.